The Morgan fingerprint density at radius 3 is 2.39 bits per heavy atom. The van der Waals surface area contributed by atoms with Crippen molar-refractivity contribution in [3.63, 3.8) is 0 Å². The molecule has 0 radical (unpaired) electrons. The van der Waals surface area contributed by atoms with Crippen LogP contribution in [0.3, 0.4) is 0 Å². The van der Waals surface area contributed by atoms with E-state index < -0.39 is 41.6 Å². The van der Waals surface area contributed by atoms with Crippen LogP contribution < -0.4 is 5.32 Å². The van der Waals surface area contributed by atoms with E-state index in [0.29, 0.717) is 6.07 Å². The Morgan fingerprint density at radius 2 is 1.75 bits per heavy atom. The Labute approximate surface area is 157 Å². The molecule has 28 heavy (non-hydrogen) atoms. The van der Waals surface area contributed by atoms with Gasteiger partial charge < -0.3 is 10.1 Å². The topological polar surface area (TPSA) is 73.2 Å². The summed E-state index contributed by atoms with van der Waals surface area (Å²) in [5.74, 6) is -6.30. The second-order valence-electron chi connectivity index (χ2n) is 5.78. The molecule has 144 valence electrons. The number of hydrogen-bond acceptors (Lipinski definition) is 4. The maximum atomic E-state index is 13.5. The zero-order valence-electron chi connectivity index (χ0n) is 14.6. The maximum absolute atomic E-state index is 13.5. The van der Waals surface area contributed by atoms with E-state index in [9.17, 15) is 22.8 Å². The SMILES string of the molecule is Cc1ccnn1-c1ccc(C(=O)OCC(=O)Nc2ccc(F)c(F)c2F)cc1. The molecule has 0 fully saturated rings. The van der Waals surface area contributed by atoms with Crippen LogP contribution in [0.1, 0.15) is 16.1 Å². The fourth-order valence-electron chi connectivity index (χ4n) is 2.40. The molecule has 1 aromatic heterocycles. The normalized spacial score (nSPS) is 10.6. The Hall–Kier alpha value is -3.62. The minimum absolute atomic E-state index is 0.195. The lowest BCUT2D eigenvalue weighted by Crippen LogP contribution is -2.21. The summed E-state index contributed by atoms with van der Waals surface area (Å²) in [7, 11) is 0. The van der Waals surface area contributed by atoms with Crippen molar-refractivity contribution in [2.75, 3.05) is 11.9 Å². The van der Waals surface area contributed by atoms with Gasteiger partial charge in [-0.25, -0.2) is 22.6 Å². The number of ether oxygens (including phenoxy) is 1. The summed E-state index contributed by atoms with van der Waals surface area (Å²) in [6.45, 7) is 1.15. The highest BCUT2D eigenvalue weighted by Gasteiger charge is 2.16. The van der Waals surface area contributed by atoms with Crippen LogP contribution in [0.2, 0.25) is 0 Å². The molecular formula is C19H14F3N3O3. The number of amides is 1. The second kappa shape index (κ2) is 7.95. The van der Waals surface area contributed by atoms with Crippen molar-refractivity contribution in [3.8, 4) is 5.69 Å². The van der Waals surface area contributed by atoms with Gasteiger partial charge in [0.1, 0.15) is 0 Å². The number of benzene rings is 2. The fourth-order valence-corrected chi connectivity index (χ4v) is 2.40. The number of nitrogens with zero attached hydrogens (tertiary/aromatic N) is 2. The van der Waals surface area contributed by atoms with Crippen molar-refractivity contribution in [1.82, 2.24) is 9.78 Å². The number of nitrogens with one attached hydrogen (secondary N) is 1. The van der Waals surface area contributed by atoms with Crippen molar-refractivity contribution in [2.45, 2.75) is 6.92 Å². The van der Waals surface area contributed by atoms with Crippen LogP contribution >= 0.6 is 0 Å². The van der Waals surface area contributed by atoms with Crippen LogP contribution in [0.25, 0.3) is 5.69 Å². The van der Waals surface area contributed by atoms with Crippen molar-refractivity contribution in [3.05, 3.63) is 77.4 Å². The van der Waals surface area contributed by atoms with Gasteiger partial charge in [-0.3, -0.25) is 4.79 Å². The zero-order chi connectivity index (χ0) is 20.3. The number of anilines is 1. The Kier molecular flexibility index (Phi) is 5.44. The first kappa shape index (κ1) is 19.2. The number of aromatic nitrogens is 2. The molecule has 1 amide bonds. The first-order valence-electron chi connectivity index (χ1n) is 8.08. The molecule has 0 aliphatic rings. The summed E-state index contributed by atoms with van der Waals surface area (Å²) in [4.78, 5) is 23.8. The van der Waals surface area contributed by atoms with Gasteiger partial charge in [0, 0.05) is 11.9 Å². The van der Waals surface area contributed by atoms with E-state index >= 15 is 0 Å². The molecule has 3 aromatic rings. The van der Waals surface area contributed by atoms with E-state index in [1.165, 1.54) is 12.1 Å². The summed E-state index contributed by atoms with van der Waals surface area (Å²) in [6, 6.07) is 9.70. The first-order valence-corrected chi connectivity index (χ1v) is 8.08. The third-order valence-corrected chi connectivity index (χ3v) is 3.82. The Balaban J connectivity index is 1.59. The van der Waals surface area contributed by atoms with Crippen LogP contribution in [-0.4, -0.2) is 28.3 Å². The minimum atomic E-state index is -1.71. The molecule has 0 spiro atoms. The maximum Gasteiger partial charge on any atom is 0.338 e. The lowest BCUT2D eigenvalue weighted by atomic mass is 10.2. The van der Waals surface area contributed by atoms with E-state index in [0.717, 1.165) is 17.4 Å². The molecule has 3 rings (SSSR count). The molecule has 2 aromatic carbocycles. The van der Waals surface area contributed by atoms with Gasteiger partial charge in [-0.2, -0.15) is 5.10 Å². The molecule has 0 saturated heterocycles. The van der Waals surface area contributed by atoms with Crippen LogP contribution in [0.4, 0.5) is 18.9 Å². The van der Waals surface area contributed by atoms with Gasteiger partial charge >= 0.3 is 5.97 Å². The van der Waals surface area contributed by atoms with Gasteiger partial charge in [0.2, 0.25) is 0 Å². The number of esters is 1. The number of hydrogen-bond donors (Lipinski definition) is 1. The molecule has 0 bridgehead atoms. The molecule has 0 unspecified atom stereocenters. The van der Waals surface area contributed by atoms with E-state index in [-0.39, 0.29) is 5.56 Å². The summed E-state index contributed by atoms with van der Waals surface area (Å²) >= 11 is 0. The highest BCUT2D eigenvalue weighted by atomic mass is 19.2. The predicted molar refractivity (Wildman–Crippen MR) is 93.5 cm³/mol. The van der Waals surface area contributed by atoms with Gasteiger partial charge in [-0.1, -0.05) is 0 Å². The average molecular weight is 389 g/mol. The third-order valence-electron chi connectivity index (χ3n) is 3.82. The quantitative estimate of drug-likeness (QED) is 0.536. The van der Waals surface area contributed by atoms with E-state index in [4.69, 9.17) is 4.74 Å². The summed E-state index contributed by atoms with van der Waals surface area (Å²) in [6.07, 6.45) is 1.64. The smallest absolute Gasteiger partial charge is 0.338 e. The fraction of sp³-hybridized carbons (Fsp3) is 0.105. The molecular weight excluding hydrogens is 375 g/mol. The monoisotopic (exact) mass is 389 g/mol. The second-order valence-corrected chi connectivity index (χ2v) is 5.78. The lowest BCUT2D eigenvalue weighted by molar-refractivity contribution is -0.119. The lowest BCUT2D eigenvalue weighted by Gasteiger charge is -2.09. The molecule has 1 N–H and O–H groups in total. The average Bonchev–Trinajstić information content (AvgIpc) is 3.12. The highest BCUT2D eigenvalue weighted by molar-refractivity contribution is 5.95. The number of carbonyl (C=O) groups is 2. The molecule has 9 heteroatoms. The molecule has 0 atom stereocenters. The molecule has 6 nitrogen and oxygen atoms in total. The van der Waals surface area contributed by atoms with Crippen LogP contribution in [0.15, 0.2) is 48.7 Å². The third kappa shape index (κ3) is 4.03. The number of rotatable bonds is 5. The largest absolute Gasteiger partial charge is 0.452 e. The van der Waals surface area contributed by atoms with Crippen LogP contribution in [-0.2, 0) is 9.53 Å². The molecule has 0 saturated carbocycles. The van der Waals surface area contributed by atoms with Crippen molar-refractivity contribution in [1.29, 1.82) is 0 Å². The summed E-state index contributed by atoms with van der Waals surface area (Å²) in [5, 5.41) is 6.15. The molecule has 0 aliphatic heterocycles. The van der Waals surface area contributed by atoms with Gasteiger partial charge in [0.15, 0.2) is 24.1 Å². The van der Waals surface area contributed by atoms with Gasteiger partial charge in [-0.05, 0) is 49.4 Å². The van der Waals surface area contributed by atoms with Crippen molar-refractivity contribution >= 4 is 17.6 Å². The Bertz CT molecular complexity index is 1030. The van der Waals surface area contributed by atoms with Crippen LogP contribution in [0.5, 0.6) is 0 Å². The van der Waals surface area contributed by atoms with Crippen molar-refractivity contribution < 1.29 is 27.5 Å². The van der Waals surface area contributed by atoms with Crippen LogP contribution in [0, 0.1) is 24.4 Å². The molecule has 0 aliphatic carbocycles. The zero-order valence-corrected chi connectivity index (χ0v) is 14.6. The van der Waals surface area contributed by atoms with E-state index in [2.05, 4.69) is 5.10 Å². The Morgan fingerprint density at radius 1 is 1.04 bits per heavy atom. The highest BCUT2D eigenvalue weighted by Crippen LogP contribution is 2.19. The van der Waals surface area contributed by atoms with Crippen molar-refractivity contribution in [2.24, 2.45) is 0 Å². The number of aryl methyl sites for hydroxylation is 1. The number of carbonyl (C=O) groups excluding carboxylic acids is 2. The van der Waals surface area contributed by atoms with E-state index in [1.54, 1.807) is 23.0 Å². The first-order chi connectivity index (χ1) is 13.4. The van der Waals surface area contributed by atoms with Gasteiger partial charge in [-0.15, -0.1) is 0 Å². The van der Waals surface area contributed by atoms with E-state index in [1.807, 2.05) is 18.3 Å². The standard InChI is InChI=1S/C19H14F3N3O3/c1-11-8-9-23-25(11)13-4-2-12(3-5-13)19(27)28-10-16(26)24-15-7-6-14(20)17(21)18(15)22/h2-9H,10H2,1H3,(H,24,26). The predicted octanol–water partition coefficient (Wildman–Crippen LogP) is 3.39. The molecule has 1 heterocycles. The summed E-state index contributed by atoms with van der Waals surface area (Å²) in [5.41, 5.74) is 1.29. The summed E-state index contributed by atoms with van der Waals surface area (Å²) < 4.78 is 46.1. The minimum Gasteiger partial charge on any atom is -0.452 e. The van der Waals surface area contributed by atoms with Gasteiger partial charge in [0.05, 0.1) is 16.9 Å². The van der Waals surface area contributed by atoms with Gasteiger partial charge in [0.25, 0.3) is 5.91 Å². The number of halogens is 3.